The SMILES string of the molecule is Cc1cc(C)c(NC(=O)c2cnn3ccccc23)c(Br)c1. The van der Waals surface area contributed by atoms with Gasteiger partial charge in [0.05, 0.1) is 23.0 Å². The smallest absolute Gasteiger partial charge is 0.259 e. The number of benzene rings is 1. The summed E-state index contributed by atoms with van der Waals surface area (Å²) in [5, 5.41) is 7.15. The summed E-state index contributed by atoms with van der Waals surface area (Å²) in [6.07, 6.45) is 3.40. The lowest BCUT2D eigenvalue weighted by molar-refractivity contribution is 0.102. The molecule has 2 aromatic heterocycles. The van der Waals surface area contributed by atoms with Crippen LogP contribution in [0.2, 0.25) is 0 Å². The molecular formula is C16H14BrN3O. The van der Waals surface area contributed by atoms with Gasteiger partial charge < -0.3 is 5.32 Å². The summed E-state index contributed by atoms with van der Waals surface area (Å²) in [6, 6.07) is 9.66. The highest BCUT2D eigenvalue weighted by molar-refractivity contribution is 9.10. The van der Waals surface area contributed by atoms with Gasteiger partial charge in [0.1, 0.15) is 0 Å². The maximum atomic E-state index is 12.5. The zero-order valence-corrected chi connectivity index (χ0v) is 13.3. The molecule has 0 aliphatic carbocycles. The molecular weight excluding hydrogens is 330 g/mol. The first kappa shape index (κ1) is 13.8. The van der Waals surface area contributed by atoms with Crippen LogP contribution >= 0.6 is 15.9 Å². The van der Waals surface area contributed by atoms with Gasteiger partial charge >= 0.3 is 0 Å². The van der Waals surface area contributed by atoms with Crippen LogP contribution in [0.25, 0.3) is 5.52 Å². The number of anilines is 1. The number of amides is 1. The summed E-state index contributed by atoms with van der Waals surface area (Å²) in [5.41, 5.74) is 4.30. The topological polar surface area (TPSA) is 46.4 Å². The Labute approximate surface area is 130 Å². The Hall–Kier alpha value is -2.14. The van der Waals surface area contributed by atoms with Crippen molar-refractivity contribution in [3.63, 3.8) is 0 Å². The van der Waals surface area contributed by atoms with Gasteiger partial charge in [0.2, 0.25) is 0 Å². The molecule has 5 heteroatoms. The number of fused-ring (bicyclic) bond motifs is 1. The van der Waals surface area contributed by atoms with Crippen LogP contribution in [0.5, 0.6) is 0 Å². The number of hydrogen-bond acceptors (Lipinski definition) is 2. The van der Waals surface area contributed by atoms with Gasteiger partial charge in [-0.05, 0) is 59.1 Å². The molecule has 3 rings (SSSR count). The van der Waals surface area contributed by atoms with Gasteiger partial charge in [-0.15, -0.1) is 0 Å². The fraction of sp³-hybridized carbons (Fsp3) is 0.125. The van der Waals surface area contributed by atoms with E-state index in [2.05, 4.69) is 26.3 Å². The fourth-order valence-electron chi connectivity index (χ4n) is 2.36. The molecule has 1 amide bonds. The summed E-state index contributed by atoms with van der Waals surface area (Å²) in [5.74, 6) is -0.163. The molecule has 106 valence electrons. The van der Waals surface area contributed by atoms with Crippen molar-refractivity contribution in [2.24, 2.45) is 0 Å². The van der Waals surface area contributed by atoms with Crippen molar-refractivity contribution in [1.29, 1.82) is 0 Å². The van der Waals surface area contributed by atoms with E-state index in [0.717, 1.165) is 26.8 Å². The van der Waals surface area contributed by atoms with Crippen molar-refractivity contribution in [2.75, 3.05) is 5.32 Å². The van der Waals surface area contributed by atoms with Crippen molar-refractivity contribution in [1.82, 2.24) is 9.61 Å². The number of aryl methyl sites for hydroxylation is 2. The van der Waals surface area contributed by atoms with Gasteiger partial charge in [-0.2, -0.15) is 5.10 Å². The first-order valence-electron chi connectivity index (χ1n) is 6.57. The van der Waals surface area contributed by atoms with Crippen LogP contribution in [0.4, 0.5) is 5.69 Å². The van der Waals surface area contributed by atoms with E-state index >= 15 is 0 Å². The first-order chi connectivity index (χ1) is 10.1. The highest BCUT2D eigenvalue weighted by Crippen LogP contribution is 2.28. The Morgan fingerprint density at radius 1 is 1.29 bits per heavy atom. The van der Waals surface area contributed by atoms with Gasteiger partial charge in [0, 0.05) is 10.7 Å². The van der Waals surface area contributed by atoms with E-state index < -0.39 is 0 Å². The van der Waals surface area contributed by atoms with Gasteiger partial charge in [0.25, 0.3) is 5.91 Å². The molecule has 0 radical (unpaired) electrons. The fourth-order valence-corrected chi connectivity index (χ4v) is 3.14. The molecule has 0 unspecified atom stereocenters. The first-order valence-corrected chi connectivity index (χ1v) is 7.36. The molecule has 0 saturated heterocycles. The lowest BCUT2D eigenvalue weighted by Crippen LogP contribution is -2.13. The zero-order chi connectivity index (χ0) is 15.0. The van der Waals surface area contributed by atoms with E-state index in [4.69, 9.17) is 0 Å². The Balaban J connectivity index is 1.97. The van der Waals surface area contributed by atoms with Crippen molar-refractivity contribution in [3.05, 3.63) is 63.9 Å². The summed E-state index contributed by atoms with van der Waals surface area (Å²) in [7, 11) is 0. The standard InChI is InChI=1S/C16H14BrN3O/c1-10-7-11(2)15(13(17)8-10)19-16(21)12-9-18-20-6-4-3-5-14(12)20/h3-9H,1-2H3,(H,19,21). The van der Waals surface area contributed by atoms with Crippen LogP contribution in [0.3, 0.4) is 0 Å². The number of halogens is 1. The molecule has 1 N–H and O–H groups in total. The number of nitrogens with one attached hydrogen (secondary N) is 1. The minimum absolute atomic E-state index is 0.163. The van der Waals surface area contributed by atoms with E-state index in [1.165, 1.54) is 0 Å². The minimum atomic E-state index is -0.163. The highest BCUT2D eigenvalue weighted by atomic mass is 79.9. The van der Waals surface area contributed by atoms with E-state index in [9.17, 15) is 4.79 Å². The van der Waals surface area contributed by atoms with Crippen LogP contribution in [0.1, 0.15) is 21.5 Å². The largest absolute Gasteiger partial charge is 0.321 e. The highest BCUT2D eigenvalue weighted by Gasteiger charge is 2.15. The average molecular weight is 344 g/mol. The van der Waals surface area contributed by atoms with Crippen LogP contribution in [0.15, 0.2) is 47.2 Å². The summed E-state index contributed by atoms with van der Waals surface area (Å²) >= 11 is 3.50. The third kappa shape index (κ3) is 2.56. The Morgan fingerprint density at radius 3 is 2.86 bits per heavy atom. The molecule has 4 nitrogen and oxygen atoms in total. The molecule has 0 aliphatic heterocycles. The predicted molar refractivity (Wildman–Crippen MR) is 86.8 cm³/mol. The number of nitrogens with zero attached hydrogens (tertiary/aromatic N) is 2. The maximum absolute atomic E-state index is 12.5. The molecule has 0 spiro atoms. The van der Waals surface area contributed by atoms with Gasteiger partial charge in [-0.3, -0.25) is 4.79 Å². The number of rotatable bonds is 2. The van der Waals surface area contributed by atoms with Crippen LogP contribution in [0, 0.1) is 13.8 Å². The predicted octanol–water partition coefficient (Wildman–Crippen LogP) is 3.97. The van der Waals surface area contributed by atoms with E-state index in [1.807, 2.05) is 50.4 Å². The second-order valence-corrected chi connectivity index (χ2v) is 5.84. The molecule has 0 saturated carbocycles. The molecule has 0 bridgehead atoms. The van der Waals surface area contributed by atoms with Crippen LogP contribution in [-0.2, 0) is 0 Å². The second-order valence-electron chi connectivity index (χ2n) is 4.98. The Kier molecular flexibility index (Phi) is 3.51. The number of hydrogen-bond donors (Lipinski definition) is 1. The van der Waals surface area contributed by atoms with E-state index in [0.29, 0.717) is 5.56 Å². The van der Waals surface area contributed by atoms with Crippen LogP contribution < -0.4 is 5.32 Å². The van der Waals surface area contributed by atoms with Gasteiger partial charge in [-0.1, -0.05) is 12.1 Å². The monoisotopic (exact) mass is 343 g/mol. The third-order valence-electron chi connectivity index (χ3n) is 3.34. The Morgan fingerprint density at radius 2 is 2.10 bits per heavy atom. The molecule has 21 heavy (non-hydrogen) atoms. The molecule has 3 aromatic rings. The van der Waals surface area contributed by atoms with E-state index in [1.54, 1.807) is 10.7 Å². The van der Waals surface area contributed by atoms with Crippen LogP contribution in [-0.4, -0.2) is 15.5 Å². The third-order valence-corrected chi connectivity index (χ3v) is 3.97. The number of pyridine rings is 1. The van der Waals surface area contributed by atoms with Crippen molar-refractivity contribution >= 4 is 33.0 Å². The normalized spacial score (nSPS) is 10.8. The zero-order valence-electron chi connectivity index (χ0n) is 11.7. The molecule has 0 aliphatic rings. The average Bonchev–Trinajstić information content (AvgIpc) is 2.86. The van der Waals surface area contributed by atoms with Gasteiger partial charge in [0.15, 0.2) is 0 Å². The van der Waals surface area contributed by atoms with Crippen molar-refractivity contribution in [3.8, 4) is 0 Å². The van der Waals surface area contributed by atoms with Crippen molar-refractivity contribution in [2.45, 2.75) is 13.8 Å². The quantitative estimate of drug-likeness (QED) is 0.765. The van der Waals surface area contributed by atoms with Gasteiger partial charge in [-0.25, -0.2) is 4.52 Å². The number of carbonyl (C=O) groups excluding carboxylic acids is 1. The van der Waals surface area contributed by atoms with E-state index in [-0.39, 0.29) is 5.91 Å². The van der Waals surface area contributed by atoms with Crippen molar-refractivity contribution < 1.29 is 4.79 Å². The number of carbonyl (C=O) groups is 1. The summed E-state index contributed by atoms with van der Waals surface area (Å²) in [6.45, 7) is 4.00. The molecule has 0 fully saturated rings. The molecule has 0 atom stereocenters. The molecule has 1 aromatic carbocycles. The lowest BCUT2D eigenvalue weighted by atomic mass is 10.1. The Bertz CT molecular complexity index is 815. The number of aromatic nitrogens is 2. The summed E-state index contributed by atoms with van der Waals surface area (Å²) < 4.78 is 2.57. The summed E-state index contributed by atoms with van der Waals surface area (Å²) in [4.78, 5) is 12.5. The minimum Gasteiger partial charge on any atom is -0.321 e. The molecule has 2 heterocycles. The second kappa shape index (κ2) is 5.33. The maximum Gasteiger partial charge on any atom is 0.259 e. The lowest BCUT2D eigenvalue weighted by Gasteiger charge is -2.11.